The average Bonchev–Trinajstić information content (AvgIpc) is 2.68. The van der Waals surface area contributed by atoms with E-state index in [-0.39, 0.29) is 5.75 Å². The van der Waals surface area contributed by atoms with E-state index in [0.29, 0.717) is 12.5 Å². The first kappa shape index (κ1) is 22.3. The van der Waals surface area contributed by atoms with Crippen molar-refractivity contribution in [2.75, 3.05) is 40.0 Å². The normalized spacial score (nSPS) is 16.1. The van der Waals surface area contributed by atoms with Crippen LogP contribution in [0.4, 0.5) is 13.2 Å². The van der Waals surface area contributed by atoms with Gasteiger partial charge in [-0.1, -0.05) is 12.1 Å². The van der Waals surface area contributed by atoms with Gasteiger partial charge in [-0.25, -0.2) is 4.99 Å². The molecular formula is C20H30F3N3O2. The minimum Gasteiger partial charge on any atom is -0.484 e. The summed E-state index contributed by atoms with van der Waals surface area (Å²) in [6.07, 6.45) is -0.997. The van der Waals surface area contributed by atoms with Gasteiger partial charge in [0.05, 0.1) is 6.54 Å². The SMILES string of the molecule is CCNC(=NCc1ccc(OCC(F)(F)F)cc1)N(C)CCC1CCOCC1. The molecule has 0 aromatic heterocycles. The Hall–Kier alpha value is -1.96. The van der Waals surface area contributed by atoms with Crippen molar-refractivity contribution in [3.8, 4) is 5.75 Å². The summed E-state index contributed by atoms with van der Waals surface area (Å²) in [6.45, 7) is 4.58. The minimum absolute atomic E-state index is 0.200. The van der Waals surface area contributed by atoms with Crippen molar-refractivity contribution in [2.24, 2.45) is 10.9 Å². The van der Waals surface area contributed by atoms with Crippen LogP contribution in [0.3, 0.4) is 0 Å². The van der Waals surface area contributed by atoms with Gasteiger partial charge in [-0.3, -0.25) is 0 Å². The first-order valence-corrected chi connectivity index (χ1v) is 9.73. The highest BCUT2D eigenvalue weighted by Gasteiger charge is 2.28. The van der Waals surface area contributed by atoms with Crippen LogP contribution in [-0.2, 0) is 11.3 Å². The summed E-state index contributed by atoms with van der Waals surface area (Å²) in [5, 5.41) is 3.29. The van der Waals surface area contributed by atoms with Crippen molar-refractivity contribution in [3.05, 3.63) is 29.8 Å². The van der Waals surface area contributed by atoms with Gasteiger partial charge < -0.3 is 19.7 Å². The van der Waals surface area contributed by atoms with E-state index in [1.807, 2.05) is 14.0 Å². The molecule has 0 radical (unpaired) electrons. The molecule has 2 rings (SSSR count). The molecule has 0 unspecified atom stereocenters. The third-order valence-electron chi connectivity index (χ3n) is 4.65. The second-order valence-electron chi connectivity index (χ2n) is 6.98. The Labute approximate surface area is 164 Å². The highest BCUT2D eigenvalue weighted by molar-refractivity contribution is 5.79. The molecular weight excluding hydrogens is 371 g/mol. The van der Waals surface area contributed by atoms with Crippen molar-refractivity contribution >= 4 is 5.96 Å². The summed E-state index contributed by atoms with van der Waals surface area (Å²) in [6, 6.07) is 6.55. The maximum atomic E-state index is 12.2. The number of benzene rings is 1. The van der Waals surface area contributed by atoms with E-state index < -0.39 is 12.8 Å². The molecule has 0 aliphatic carbocycles. The number of nitrogens with zero attached hydrogens (tertiary/aromatic N) is 2. The molecule has 1 saturated heterocycles. The number of hydrogen-bond acceptors (Lipinski definition) is 3. The van der Waals surface area contributed by atoms with Gasteiger partial charge >= 0.3 is 6.18 Å². The zero-order chi connectivity index (χ0) is 20.4. The Morgan fingerprint density at radius 2 is 1.93 bits per heavy atom. The average molecular weight is 401 g/mol. The number of halogens is 3. The highest BCUT2D eigenvalue weighted by atomic mass is 19.4. The molecule has 1 fully saturated rings. The standard InChI is InChI=1S/C20H30F3N3O2/c1-3-24-19(26(2)11-8-16-9-12-27-13-10-16)25-14-17-4-6-18(7-5-17)28-15-20(21,22)23/h4-7,16H,3,8-15H2,1-2H3,(H,24,25). The Morgan fingerprint density at radius 3 is 2.54 bits per heavy atom. The number of ether oxygens (including phenoxy) is 2. The molecule has 28 heavy (non-hydrogen) atoms. The summed E-state index contributed by atoms with van der Waals surface area (Å²) in [7, 11) is 2.02. The van der Waals surface area contributed by atoms with E-state index >= 15 is 0 Å². The van der Waals surface area contributed by atoms with Crippen LogP contribution in [0.25, 0.3) is 0 Å². The van der Waals surface area contributed by atoms with Crippen LogP contribution in [0.15, 0.2) is 29.3 Å². The number of rotatable bonds is 8. The van der Waals surface area contributed by atoms with E-state index in [4.69, 9.17) is 9.47 Å². The predicted molar refractivity (Wildman–Crippen MR) is 104 cm³/mol. The molecule has 1 aliphatic rings. The molecule has 0 spiro atoms. The van der Waals surface area contributed by atoms with E-state index in [9.17, 15) is 13.2 Å². The molecule has 8 heteroatoms. The summed E-state index contributed by atoms with van der Waals surface area (Å²) in [4.78, 5) is 6.77. The van der Waals surface area contributed by atoms with Crippen molar-refractivity contribution in [1.29, 1.82) is 0 Å². The fraction of sp³-hybridized carbons (Fsp3) is 0.650. The van der Waals surface area contributed by atoms with Gasteiger partial charge in [0.2, 0.25) is 0 Å². The van der Waals surface area contributed by atoms with Crippen LogP contribution in [0, 0.1) is 5.92 Å². The molecule has 1 aliphatic heterocycles. The van der Waals surface area contributed by atoms with E-state index in [2.05, 4.69) is 15.2 Å². The van der Waals surface area contributed by atoms with Crippen molar-refractivity contribution < 1.29 is 22.6 Å². The second kappa shape index (κ2) is 11.1. The summed E-state index contributed by atoms with van der Waals surface area (Å²) in [5.74, 6) is 1.72. The lowest BCUT2D eigenvalue weighted by Gasteiger charge is -2.26. The summed E-state index contributed by atoms with van der Waals surface area (Å²) in [5.41, 5.74) is 0.910. The van der Waals surface area contributed by atoms with Crippen LogP contribution >= 0.6 is 0 Å². The first-order valence-electron chi connectivity index (χ1n) is 9.73. The number of aliphatic imine (C=N–C) groups is 1. The molecule has 1 aromatic carbocycles. The molecule has 5 nitrogen and oxygen atoms in total. The van der Waals surface area contributed by atoms with Gasteiger partial charge in [0.15, 0.2) is 12.6 Å². The Bertz CT molecular complexity index is 600. The van der Waals surface area contributed by atoms with E-state index in [1.54, 1.807) is 24.3 Å². The quantitative estimate of drug-likeness (QED) is 0.531. The summed E-state index contributed by atoms with van der Waals surface area (Å²) >= 11 is 0. The van der Waals surface area contributed by atoms with E-state index in [1.165, 1.54) is 0 Å². The second-order valence-corrected chi connectivity index (χ2v) is 6.98. The maximum absolute atomic E-state index is 12.2. The molecule has 0 saturated carbocycles. The molecule has 1 aromatic rings. The third-order valence-corrected chi connectivity index (χ3v) is 4.65. The monoisotopic (exact) mass is 401 g/mol. The maximum Gasteiger partial charge on any atom is 0.422 e. The number of nitrogens with one attached hydrogen (secondary N) is 1. The zero-order valence-electron chi connectivity index (χ0n) is 16.6. The van der Waals surface area contributed by atoms with Crippen LogP contribution in [0.5, 0.6) is 5.75 Å². The van der Waals surface area contributed by atoms with Gasteiger partial charge in [0.1, 0.15) is 5.75 Å². The Morgan fingerprint density at radius 1 is 1.25 bits per heavy atom. The topological polar surface area (TPSA) is 46.1 Å². The number of guanidine groups is 1. The highest BCUT2D eigenvalue weighted by Crippen LogP contribution is 2.20. The Kier molecular flexibility index (Phi) is 8.89. The van der Waals surface area contributed by atoms with Crippen molar-refractivity contribution in [2.45, 2.75) is 38.9 Å². The smallest absolute Gasteiger partial charge is 0.422 e. The molecule has 0 atom stereocenters. The fourth-order valence-electron chi connectivity index (χ4n) is 3.01. The lowest BCUT2D eigenvalue weighted by atomic mass is 9.96. The lowest BCUT2D eigenvalue weighted by molar-refractivity contribution is -0.153. The third kappa shape index (κ3) is 8.37. The van der Waals surface area contributed by atoms with Crippen LogP contribution < -0.4 is 10.1 Å². The Balaban J connectivity index is 1.86. The lowest BCUT2D eigenvalue weighted by Crippen LogP contribution is -2.40. The molecule has 0 bridgehead atoms. The number of alkyl halides is 3. The van der Waals surface area contributed by atoms with Crippen LogP contribution in [0.2, 0.25) is 0 Å². The molecule has 158 valence electrons. The summed E-state index contributed by atoms with van der Waals surface area (Å²) < 4.78 is 46.7. The number of hydrogen-bond donors (Lipinski definition) is 1. The van der Waals surface area contributed by atoms with Crippen molar-refractivity contribution in [3.63, 3.8) is 0 Å². The fourth-order valence-corrected chi connectivity index (χ4v) is 3.01. The molecule has 1 N–H and O–H groups in total. The van der Waals surface area contributed by atoms with Gasteiger partial charge in [0, 0.05) is 33.4 Å². The van der Waals surface area contributed by atoms with Gasteiger partial charge in [-0.2, -0.15) is 13.2 Å². The molecule has 0 amide bonds. The minimum atomic E-state index is -4.33. The van der Waals surface area contributed by atoms with Crippen LogP contribution in [-0.4, -0.2) is 57.0 Å². The first-order chi connectivity index (χ1) is 13.4. The van der Waals surface area contributed by atoms with E-state index in [0.717, 1.165) is 57.1 Å². The van der Waals surface area contributed by atoms with Gasteiger partial charge in [0.25, 0.3) is 0 Å². The zero-order valence-corrected chi connectivity index (χ0v) is 16.6. The van der Waals surface area contributed by atoms with Crippen LogP contribution in [0.1, 0.15) is 31.7 Å². The predicted octanol–water partition coefficient (Wildman–Crippen LogP) is 3.84. The molecule has 1 heterocycles. The van der Waals surface area contributed by atoms with Gasteiger partial charge in [-0.15, -0.1) is 0 Å². The van der Waals surface area contributed by atoms with Gasteiger partial charge in [-0.05, 0) is 49.8 Å². The largest absolute Gasteiger partial charge is 0.484 e. The van der Waals surface area contributed by atoms with Crippen molar-refractivity contribution in [1.82, 2.24) is 10.2 Å².